The number of nitro benzene ring substituents is 1. The van der Waals surface area contributed by atoms with E-state index in [0.717, 1.165) is 24.3 Å². The minimum atomic E-state index is -3.92. The summed E-state index contributed by atoms with van der Waals surface area (Å²) in [7, 11) is -1.06. The Kier molecular flexibility index (Phi) is 4.70. The summed E-state index contributed by atoms with van der Waals surface area (Å²) in [6, 6.07) is 9.23. The van der Waals surface area contributed by atoms with Crippen molar-refractivity contribution in [1.82, 2.24) is 0 Å². The van der Waals surface area contributed by atoms with E-state index >= 15 is 0 Å². The maximum absolute atomic E-state index is 12.4. The van der Waals surface area contributed by atoms with Gasteiger partial charge in [0.1, 0.15) is 11.5 Å². The van der Waals surface area contributed by atoms with Crippen LogP contribution in [0.1, 0.15) is 0 Å². The number of rotatable bonds is 6. The van der Waals surface area contributed by atoms with Crippen LogP contribution in [0.4, 0.5) is 11.4 Å². The van der Waals surface area contributed by atoms with Gasteiger partial charge < -0.3 is 9.47 Å². The minimum absolute atomic E-state index is 0.104. The third-order valence-corrected chi connectivity index (χ3v) is 4.39. The Morgan fingerprint density at radius 1 is 1.04 bits per heavy atom. The van der Waals surface area contributed by atoms with Crippen LogP contribution in [0.3, 0.4) is 0 Å². The maximum atomic E-state index is 12.4. The van der Waals surface area contributed by atoms with Crippen LogP contribution in [-0.4, -0.2) is 27.6 Å². The van der Waals surface area contributed by atoms with Crippen molar-refractivity contribution in [2.45, 2.75) is 4.90 Å². The van der Waals surface area contributed by atoms with E-state index in [1.54, 1.807) is 12.1 Å². The second kappa shape index (κ2) is 6.53. The Morgan fingerprint density at radius 3 is 2.22 bits per heavy atom. The Balaban J connectivity index is 2.36. The normalized spacial score (nSPS) is 10.9. The molecule has 0 amide bonds. The second-order valence-corrected chi connectivity index (χ2v) is 6.11. The third kappa shape index (κ3) is 3.69. The van der Waals surface area contributed by atoms with Gasteiger partial charge in [0, 0.05) is 18.2 Å². The SMILES string of the molecule is COc1ccc(OC)c(NS(=O)(=O)c2ccc([N+](=O)[O-])cc2)c1. The number of nitrogens with one attached hydrogen (secondary N) is 1. The number of benzene rings is 2. The smallest absolute Gasteiger partial charge is 0.269 e. The molecule has 0 unspecified atom stereocenters. The molecular formula is C14H14N2O6S. The molecule has 0 aromatic heterocycles. The van der Waals surface area contributed by atoms with Crippen molar-refractivity contribution in [3.05, 3.63) is 52.6 Å². The lowest BCUT2D eigenvalue weighted by Crippen LogP contribution is -2.13. The molecule has 0 aliphatic rings. The predicted octanol–water partition coefficient (Wildman–Crippen LogP) is 2.41. The van der Waals surface area contributed by atoms with Gasteiger partial charge in [0.2, 0.25) is 0 Å². The summed E-state index contributed by atoms with van der Waals surface area (Å²) in [5.74, 6) is 0.767. The Bertz CT molecular complexity index is 818. The number of anilines is 1. The molecule has 122 valence electrons. The molecule has 0 saturated heterocycles. The van der Waals surface area contributed by atoms with Gasteiger partial charge in [-0.2, -0.15) is 0 Å². The van der Waals surface area contributed by atoms with Crippen molar-refractivity contribution in [1.29, 1.82) is 0 Å². The summed E-state index contributed by atoms with van der Waals surface area (Å²) >= 11 is 0. The summed E-state index contributed by atoms with van der Waals surface area (Å²) < 4.78 is 37.3. The number of sulfonamides is 1. The number of hydrogen-bond donors (Lipinski definition) is 1. The maximum Gasteiger partial charge on any atom is 0.269 e. The van der Waals surface area contributed by atoms with Crippen molar-refractivity contribution in [2.24, 2.45) is 0 Å². The summed E-state index contributed by atoms with van der Waals surface area (Å²) in [6.45, 7) is 0. The lowest BCUT2D eigenvalue weighted by molar-refractivity contribution is -0.384. The van der Waals surface area contributed by atoms with Gasteiger partial charge in [0.25, 0.3) is 15.7 Å². The van der Waals surface area contributed by atoms with Crippen LogP contribution in [-0.2, 0) is 10.0 Å². The van der Waals surface area contributed by atoms with Gasteiger partial charge in [-0.1, -0.05) is 0 Å². The number of nitrogens with zero attached hydrogens (tertiary/aromatic N) is 1. The van der Waals surface area contributed by atoms with Gasteiger partial charge >= 0.3 is 0 Å². The van der Waals surface area contributed by atoms with E-state index in [2.05, 4.69) is 4.72 Å². The number of hydrogen-bond acceptors (Lipinski definition) is 6. The molecule has 9 heteroatoms. The van der Waals surface area contributed by atoms with Gasteiger partial charge in [0.15, 0.2) is 0 Å². The van der Waals surface area contributed by atoms with Gasteiger partial charge in [-0.25, -0.2) is 8.42 Å². The molecule has 1 N–H and O–H groups in total. The second-order valence-electron chi connectivity index (χ2n) is 4.42. The van der Waals surface area contributed by atoms with E-state index in [1.165, 1.54) is 20.3 Å². The Morgan fingerprint density at radius 2 is 1.70 bits per heavy atom. The first-order valence-electron chi connectivity index (χ1n) is 6.36. The van der Waals surface area contributed by atoms with Crippen LogP contribution >= 0.6 is 0 Å². The topological polar surface area (TPSA) is 108 Å². The van der Waals surface area contributed by atoms with Crippen LogP contribution in [0.2, 0.25) is 0 Å². The van der Waals surface area contributed by atoms with E-state index in [0.29, 0.717) is 11.5 Å². The first kappa shape index (κ1) is 16.6. The lowest BCUT2D eigenvalue weighted by atomic mass is 10.3. The van der Waals surface area contributed by atoms with Crippen molar-refractivity contribution in [3.8, 4) is 11.5 Å². The monoisotopic (exact) mass is 338 g/mol. The van der Waals surface area contributed by atoms with Crippen LogP contribution in [0.25, 0.3) is 0 Å². The predicted molar refractivity (Wildman–Crippen MR) is 83.5 cm³/mol. The molecule has 0 saturated carbocycles. The van der Waals surface area contributed by atoms with E-state index in [4.69, 9.17) is 9.47 Å². The first-order chi connectivity index (χ1) is 10.9. The Labute approximate surface area is 132 Å². The molecular weight excluding hydrogens is 324 g/mol. The fourth-order valence-corrected chi connectivity index (χ4v) is 2.91. The van der Waals surface area contributed by atoms with E-state index < -0.39 is 14.9 Å². The molecule has 0 fully saturated rings. The van der Waals surface area contributed by atoms with Crippen LogP contribution < -0.4 is 14.2 Å². The number of non-ortho nitro benzene ring substituents is 1. The van der Waals surface area contributed by atoms with Crippen molar-refractivity contribution >= 4 is 21.4 Å². The van der Waals surface area contributed by atoms with Gasteiger partial charge in [-0.15, -0.1) is 0 Å². The summed E-state index contributed by atoms with van der Waals surface area (Å²) in [5, 5.41) is 10.6. The molecule has 0 aliphatic carbocycles. The van der Waals surface area contributed by atoms with Gasteiger partial charge in [-0.05, 0) is 24.3 Å². The Hall–Kier alpha value is -2.81. The van der Waals surface area contributed by atoms with E-state index in [9.17, 15) is 18.5 Å². The number of nitro groups is 1. The van der Waals surface area contributed by atoms with Crippen LogP contribution in [0.15, 0.2) is 47.4 Å². The highest BCUT2D eigenvalue weighted by molar-refractivity contribution is 7.92. The third-order valence-electron chi connectivity index (χ3n) is 3.01. The average molecular weight is 338 g/mol. The average Bonchev–Trinajstić information content (AvgIpc) is 2.54. The molecule has 0 aliphatic heterocycles. The minimum Gasteiger partial charge on any atom is -0.497 e. The summed E-state index contributed by atoms with van der Waals surface area (Å²) in [5.41, 5.74) is 0.00751. The fourth-order valence-electron chi connectivity index (χ4n) is 1.84. The molecule has 0 bridgehead atoms. The molecule has 2 aromatic rings. The fraction of sp³-hybridized carbons (Fsp3) is 0.143. The molecule has 2 rings (SSSR count). The highest BCUT2D eigenvalue weighted by Crippen LogP contribution is 2.31. The zero-order valence-corrected chi connectivity index (χ0v) is 13.2. The van der Waals surface area contributed by atoms with E-state index in [-0.39, 0.29) is 16.3 Å². The zero-order valence-electron chi connectivity index (χ0n) is 12.3. The van der Waals surface area contributed by atoms with E-state index in [1.807, 2.05) is 0 Å². The number of ether oxygens (including phenoxy) is 2. The molecule has 0 radical (unpaired) electrons. The highest BCUT2D eigenvalue weighted by atomic mass is 32.2. The van der Waals surface area contributed by atoms with Gasteiger partial charge in [0.05, 0.1) is 29.7 Å². The van der Waals surface area contributed by atoms with Crippen molar-refractivity contribution in [2.75, 3.05) is 18.9 Å². The van der Waals surface area contributed by atoms with Crippen LogP contribution in [0, 0.1) is 10.1 Å². The van der Waals surface area contributed by atoms with Crippen molar-refractivity contribution < 1.29 is 22.8 Å². The molecule has 23 heavy (non-hydrogen) atoms. The quantitative estimate of drug-likeness (QED) is 0.640. The van der Waals surface area contributed by atoms with Crippen molar-refractivity contribution in [3.63, 3.8) is 0 Å². The first-order valence-corrected chi connectivity index (χ1v) is 7.85. The summed E-state index contributed by atoms with van der Waals surface area (Å²) in [6.07, 6.45) is 0. The van der Waals surface area contributed by atoms with Gasteiger partial charge in [-0.3, -0.25) is 14.8 Å². The molecule has 0 heterocycles. The van der Waals surface area contributed by atoms with Crippen LogP contribution in [0.5, 0.6) is 11.5 Å². The molecule has 0 spiro atoms. The molecule has 0 atom stereocenters. The number of methoxy groups -OCH3 is 2. The lowest BCUT2D eigenvalue weighted by Gasteiger charge is -2.13. The molecule has 8 nitrogen and oxygen atoms in total. The molecule has 2 aromatic carbocycles. The highest BCUT2D eigenvalue weighted by Gasteiger charge is 2.18. The summed E-state index contributed by atoms with van der Waals surface area (Å²) in [4.78, 5) is 9.91. The largest absolute Gasteiger partial charge is 0.497 e. The standard InChI is InChI=1S/C14H14N2O6S/c1-21-11-5-8-14(22-2)13(9-11)15-23(19,20)12-6-3-10(4-7-12)16(17)18/h3-9,15H,1-2H3. The zero-order chi connectivity index (χ0) is 17.0.